The van der Waals surface area contributed by atoms with Gasteiger partial charge in [-0.05, 0) is 37.0 Å². The highest BCUT2D eigenvalue weighted by Gasteiger charge is 2.06. The molecule has 0 amide bonds. The summed E-state index contributed by atoms with van der Waals surface area (Å²) in [4.78, 5) is 0.878. The van der Waals surface area contributed by atoms with Crippen molar-refractivity contribution >= 4 is 11.8 Å². The normalized spacial score (nSPS) is 13.1. The van der Waals surface area contributed by atoms with Gasteiger partial charge in [0.15, 0.2) is 0 Å². The fourth-order valence-electron chi connectivity index (χ4n) is 1.36. The van der Waals surface area contributed by atoms with Gasteiger partial charge in [-0.3, -0.25) is 0 Å². The second-order valence-corrected chi connectivity index (χ2v) is 5.49. The molecule has 0 heterocycles. The van der Waals surface area contributed by atoms with Crippen molar-refractivity contribution < 1.29 is 9.50 Å². The predicted molar refractivity (Wildman–Crippen MR) is 67.2 cm³/mol. The van der Waals surface area contributed by atoms with E-state index in [-0.39, 0.29) is 11.9 Å². The standard InChI is InChI=1S/C13H19FOS/c1-10(2)6-7-12(15)9-16-13-5-3-4-11(14)8-13/h3-5,8,10,12,15H,6-7,9H2,1-2H3. The molecule has 0 bridgehead atoms. The molecule has 1 atom stereocenters. The minimum atomic E-state index is -0.296. The van der Waals surface area contributed by atoms with Crippen LogP contribution in [0.3, 0.4) is 0 Å². The molecule has 90 valence electrons. The van der Waals surface area contributed by atoms with E-state index in [9.17, 15) is 9.50 Å². The van der Waals surface area contributed by atoms with Crippen molar-refractivity contribution in [3.05, 3.63) is 30.1 Å². The average Bonchev–Trinajstić information content (AvgIpc) is 2.23. The van der Waals surface area contributed by atoms with Gasteiger partial charge in [0.2, 0.25) is 0 Å². The lowest BCUT2D eigenvalue weighted by molar-refractivity contribution is 0.180. The summed E-state index contributed by atoms with van der Waals surface area (Å²) in [6.45, 7) is 4.29. The van der Waals surface area contributed by atoms with E-state index in [0.29, 0.717) is 11.7 Å². The van der Waals surface area contributed by atoms with Gasteiger partial charge in [0, 0.05) is 10.6 Å². The van der Waals surface area contributed by atoms with E-state index in [2.05, 4.69) is 13.8 Å². The van der Waals surface area contributed by atoms with Crippen LogP contribution in [0.2, 0.25) is 0 Å². The third-order valence-corrected chi connectivity index (χ3v) is 3.45. The topological polar surface area (TPSA) is 20.2 Å². The van der Waals surface area contributed by atoms with E-state index < -0.39 is 0 Å². The van der Waals surface area contributed by atoms with Crippen LogP contribution in [0.5, 0.6) is 0 Å². The van der Waals surface area contributed by atoms with Gasteiger partial charge in [-0.1, -0.05) is 19.9 Å². The SMILES string of the molecule is CC(C)CCC(O)CSc1cccc(F)c1. The lowest BCUT2D eigenvalue weighted by Gasteiger charge is -2.11. The minimum Gasteiger partial charge on any atom is -0.392 e. The van der Waals surface area contributed by atoms with Crippen LogP contribution in [0.1, 0.15) is 26.7 Å². The summed E-state index contributed by atoms with van der Waals surface area (Å²) >= 11 is 1.50. The molecular weight excluding hydrogens is 223 g/mol. The largest absolute Gasteiger partial charge is 0.392 e. The zero-order chi connectivity index (χ0) is 12.0. The summed E-state index contributed by atoms with van der Waals surface area (Å²) in [7, 11) is 0. The van der Waals surface area contributed by atoms with Gasteiger partial charge >= 0.3 is 0 Å². The van der Waals surface area contributed by atoms with Crippen molar-refractivity contribution in [2.24, 2.45) is 5.92 Å². The van der Waals surface area contributed by atoms with E-state index >= 15 is 0 Å². The Labute approximate surface area is 101 Å². The summed E-state index contributed by atoms with van der Waals surface area (Å²) in [5.74, 6) is 1.03. The maximum Gasteiger partial charge on any atom is 0.124 e. The van der Waals surface area contributed by atoms with E-state index in [1.165, 1.54) is 23.9 Å². The molecule has 0 radical (unpaired) electrons. The van der Waals surface area contributed by atoms with Crippen molar-refractivity contribution in [1.29, 1.82) is 0 Å². The molecule has 0 spiro atoms. The second-order valence-electron chi connectivity index (χ2n) is 4.39. The van der Waals surface area contributed by atoms with Crippen LogP contribution >= 0.6 is 11.8 Å². The van der Waals surface area contributed by atoms with Gasteiger partial charge < -0.3 is 5.11 Å². The number of halogens is 1. The Hall–Kier alpha value is -0.540. The summed E-state index contributed by atoms with van der Waals surface area (Å²) < 4.78 is 12.9. The molecule has 1 unspecified atom stereocenters. The van der Waals surface area contributed by atoms with Crippen LogP contribution in [0, 0.1) is 11.7 Å². The van der Waals surface area contributed by atoms with Crippen LogP contribution in [-0.4, -0.2) is 17.0 Å². The summed E-state index contributed by atoms with van der Waals surface area (Å²) in [6, 6.07) is 6.49. The molecular formula is C13H19FOS. The lowest BCUT2D eigenvalue weighted by atomic mass is 10.1. The Kier molecular flexibility index (Phi) is 5.85. The quantitative estimate of drug-likeness (QED) is 0.767. The zero-order valence-electron chi connectivity index (χ0n) is 9.82. The van der Waals surface area contributed by atoms with Gasteiger partial charge in [0.1, 0.15) is 5.82 Å². The summed E-state index contributed by atoms with van der Waals surface area (Å²) in [5, 5.41) is 9.71. The van der Waals surface area contributed by atoms with Crippen LogP contribution in [0.15, 0.2) is 29.2 Å². The minimum absolute atomic E-state index is 0.221. The van der Waals surface area contributed by atoms with Crippen molar-refractivity contribution in [3.8, 4) is 0 Å². The third-order valence-electron chi connectivity index (χ3n) is 2.32. The number of aliphatic hydroxyl groups excluding tert-OH is 1. The van der Waals surface area contributed by atoms with Crippen LogP contribution in [0.25, 0.3) is 0 Å². The number of thioether (sulfide) groups is 1. The smallest absolute Gasteiger partial charge is 0.124 e. The monoisotopic (exact) mass is 242 g/mol. The Morgan fingerprint density at radius 3 is 2.69 bits per heavy atom. The Morgan fingerprint density at radius 1 is 1.31 bits per heavy atom. The predicted octanol–water partition coefficient (Wildman–Crippen LogP) is 3.71. The fraction of sp³-hybridized carbons (Fsp3) is 0.538. The number of hydrogen-bond acceptors (Lipinski definition) is 2. The van der Waals surface area contributed by atoms with Crippen LogP contribution in [0.4, 0.5) is 4.39 Å². The first-order chi connectivity index (χ1) is 7.58. The van der Waals surface area contributed by atoms with Gasteiger partial charge in [-0.2, -0.15) is 0 Å². The van der Waals surface area contributed by atoms with Crippen molar-refractivity contribution in [2.75, 3.05) is 5.75 Å². The van der Waals surface area contributed by atoms with E-state index in [0.717, 1.165) is 17.7 Å². The van der Waals surface area contributed by atoms with E-state index in [1.807, 2.05) is 6.07 Å². The van der Waals surface area contributed by atoms with Gasteiger partial charge in [-0.15, -0.1) is 11.8 Å². The number of benzene rings is 1. The molecule has 1 N–H and O–H groups in total. The molecule has 0 saturated carbocycles. The van der Waals surface area contributed by atoms with Crippen molar-refractivity contribution in [3.63, 3.8) is 0 Å². The molecule has 0 aliphatic heterocycles. The third kappa shape index (κ3) is 5.52. The van der Waals surface area contributed by atoms with Crippen LogP contribution in [-0.2, 0) is 0 Å². The molecule has 0 aliphatic rings. The molecule has 0 fully saturated rings. The second kappa shape index (κ2) is 6.92. The molecule has 3 heteroatoms. The van der Waals surface area contributed by atoms with Gasteiger partial charge in [-0.25, -0.2) is 4.39 Å². The molecule has 1 aromatic rings. The molecule has 1 nitrogen and oxygen atoms in total. The molecule has 1 aromatic carbocycles. The molecule has 0 aliphatic carbocycles. The van der Waals surface area contributed by atoms with Crippen molar-refractivity contribution in [1.82, 2.24) is 0 Å². The Morgan fingerprint density at radius 2 is 2.06 bits per heavy atom. The first kappa shape index (κ1) is 13.5. The maximum absolute atomic E-state index is 12.9. The molecule has 16 heavy (non-hydrogen) atoms. The fourth-order valence-corrected chi connectivity index (χ4v) is 2.28. The van der Waals surface area contributed by atoms with E-state index in [1.54, 1.807) is 6.07 Å². The maximum atomic E-state index is 12.9. The van der Waals surface area contributed by atoms with E-state index in [4.69, 9.17) is 0 Å². The highest BCUT2D eigenvalue weighted by molar-refractivity contribution is 7.99. The average molecular weight is 242 g/mol. The van der Waals surface area contributed by atoms with Gasteiger partial charge in [0.25, 0.3) is 0 Å². The number of hydrogen-bond donors (Lipinski definition) is 1. The first-order valence-corrected chi connectivity index (χ1v) is 6.63. The Bertz CT molecular complexity index is 315. The zero-order valence-corrected chi connectivity index (χ0v) is 10.6. The van der Waals surface area contributed by atoms with Crippen molar-refractivity contribution in [2.45, 2.75) is 37.7 Å². The highest BCUT2D eigenvalue weighted by Crippen LogP contribution is 2.21. The Balaban J connectivity index is 2.28. The highest BCUT2D eigenvalue weighted by atomic mass is 32.2. The van der Waals surface area contributed by atoms with Crippen LogP contribution < -0.4 is 0 Å². The molecule has 1 rings (SSSR count). The molecule has 0 aromatic heterocycles. The number of rotatable bonds is 6. The summed E-state index contributed by atoms with van der Waals surface area (Å²) in [5.41, 5.74) is 0. The summed E-state index contributed by atoms with van der Waals surface area (Å²) in [6.07, 6.45) is 1.56. The van der Waals surface area contributed by atoms with Gasteiger partial charge in [0.05, 0.1) is 6.10 Å². The number of aliphatic hydroxyl groups is 1. The first-order valence-electron chi connectivity index (χ1n) is 5.64. The lowest BCUT2D eigenvalue weighted by Crippen LogP contribution is -2.10. The molecule has 0 saturated heterocycles.